The Bertz CT molecular complexity index is 237. The van der Waals surface area contributed by atoms with Crippen molar-refractivity contribution in [2.75, 3.05) is 13.8 Å². The lowest BCUT2D eigenvalue weighted by atomic mass is 9.81. The number of rotatable bonds is 1. The molecule has 1 amide bonds. The maximum Gasteiger partial charge on any atom is 0.225 e. The molecule has 14 heavy (non-hydrogen) atoms. The van der Waals surface area contributed by atoms with Crippen molar-refractivity contribution in [3.05, 3.63) is 0 Å². The number of amides is 1. The second-order valence-corrected chi connectivity index (χ2v) is 5.50. The van der Waals surface area contributed by atoms with Crippen molar-refractivity contribution in [3.8, 4) is 0 Å². The molecule has 4 atom stereocenters. The Hall–Kier alpha value is 0.120. The third kappa shape index (κ3) is 1.90. The summed E-state index contributed by atoms with van der Waals surface area (Å²) in [4.78, 5) is 11.6. The van der Waals surface area contributed by atoms with Crippen LogP contribution in [-0.4, -0.2) is 35.8 Å². The van der Waals surface area contributed by atoms with Gasteiger partial charge in [-0.25, -0.2) is 0 Å². The Labute approximate surface area is 97.3 Å². The van der Waals surface area contributed by atoms with Gasteiger partial charge in [0, 0.05) is 17.1 Å². The van der Waals surface area contributed by atoms with E-state index >= 15 is 0 Å². The molecule has 2 aliphatic rings. The lowest BCUT2D eigenvalue weighted by molar-refractivity contribution is -0.130. The Morgan fingerprint density at radius 1 is 1.50 bits per heavy atom. The van der Waals surface area contributed by atoms with Crippen LogP contribution in [0.15, 0.2) is 0 Å². The minimum Gasteiger partial charge on any atom is -0.380 e. The third-order valence-corrected chi connectivity index (χ3v) is 4.43. The van der Waals surface area contributed by atoms with Gasteiger partial charge in [0.1, 0.15) is 0 Å². The summed E-state index contributed by atoms with van der Waals surface area (Å²) in [6.45, 7) is 0.600. The number of carbonyl (C=O) groups is 1. The maximum absolute atomic E-state index is 11.6. The summed E-state index contributed by atoms with van der Waals surface area (Å²) in [5, 5.41) is 6.16. The second-order valence-electron chi connectivity index (χ2n) is 3.90. The van der Waals surface area contributed by atoms with Crippen molar-refractivity contribution in [2.45, 2.75) is 28.9 Å². The first-order chi connectivity index (χ1) is 6.72. The average molecular weight is 310 g/mol. The van der Waals surface area contributed by atoms with E-state index in [0.29, 0.717) is 16.6 Å². The molecule has 1 saturated carbocycles. The van der Waals surface area contributed by atoms with Crippen LogP contribution in [0.1, 0.15) is 12.8 Å². The molecule has 1 heterocycles. The number of ether oxygens (including phenoxy) is 1. The van der Waals surface area contributed by atoms with E-state index in [4.69, 9.17) is 4.74 Å². The van der Waals surface area contributed by atoms with Gasteiger partial charge in [0.15, 0.2) is 0 Å². The topological polar surface area (TPSA) is 50.4 Å². The van der Waals surface area contributed by atoms with E-state index in [1.165, 1.54) is 0 Å². The molecule has 4 nitrogen and oxygen atoms in total. The summed E-state index contributed by atoms with van der Waals surface area (Å²) in [6.07, 6.45) is 2.15. The number of methoxy groups -OCH3 is 1. The molecule has 80 valence electrons. The third-order valence-electron chi connectivity index (χ3n) is 3.12. The number of fused-ring (bicyclic) bond motifs is 1. The van der Waals surface area contributed by atoms with Crippen LogP contribution in [0.4, 0.5) is 0 Å². The molecule has 0 aromatic heterocycles. The fraction of sp³-hybridized carbons (Fsp3) is 0.889. The van der Waals surface area contributed by atoms with E-state index < -0.39 is 0 Å². The predicted octanol–water partition coefficient (Wildman–Crippen LogP) is 0.260. The quantitative estimate of drug-likeness (QED) is 0.540. The van der Waals surface area contributed by atoms with E-state index in [2.05, 4.69) is 33.2 Å². The normalized spacial score (nSPS) is 42.9. The molecular weight excluding hydrogens is 295 g/mol. The van der Waals surface area contributed by atoms with Crippen LogP contribution in [0.3, 0.4) is 0 Å². The number of carbonyl (C=O) groups excluding carboxylic acids is 1. The van der Waals surface area contributed by atoms with Crippen LogP contribution in [0.25, 0.3) is 0 Å². The van der Waals surface area contributed by atoms with Crippen molar-refractivity contribution in [1.82, 2.24) is 10.6 Å². The average Bonchev–Trinajstić information content (AvgIpc) is 2.19. The largest absolute Gasteiger partial charge is 0.380 e. The van der Waals surface area contributed by atoms with Gasteiger partial charge in [0.25, 0.3) is 0 Å². The highest BCUT2D eigenvalue weighted by molar-refractivity contribution is 14.1. The van der Waals surface area contributed by atoms with Crippen LogP contribution in [-0.2, 0) is 9.53 Å². The van der Waals surface area contributed by atoms with Gasteiger partial charge in [0.05, 0.1) is 18.7 Å². The first-order valence-electron chi connectivity index (χ1n) is 4.90. The first-order valence-corrected chi connectivity index (χ1v) is 6.15. The molecule has 5 heteroatoms. The van der Waals surface area contributed by atoms with E-state index in [1.807, 2.05) is 0 Å². The monoisotopic (exact) mass is 310 g/mol. The molecule has 0 aromatic carbocycles. The van der Waals surface area contributed by atoms with Gasteiger partial charge in [-0.15, -0.1) is 0 Å². The summed E-state index contributed by atoms with van der Waals surface area (Å²) < 4.78 is 5.86. The minimum absolute atomic E-state index is 0.136. The zero-order chi connectivity index (χ0) is 10.1. The van der Waals surface area contributed by atoms with Crippen LogP contribution in [0.5, 0.6) is 0 Å². The number of hydrogen-bond donors (Lipinski definition) is 2. The van der Waals surface area contributed by atoms with E-state index in [-0.39, 0.29) is 17.9 Å². The molecule has 4 unspecified atom stereocenters. The standard InChI is InChI=1S/C9H15IN2O2/c1-14-8-3-7-5(2-6(8)10)9(13)12-4-11-7/h5-8,11H,2-4H2,1H3,(H,12,13). The molecule has 2 N–H and O–H groups in total. The summed E-state index contributed by atoms with van der Waals surface area (Å²) in [7, 11) is 1.75. The first kappa shape index (κ1) is 10.6. The fourth-order valence-electron chi connectivity index (χ4n) is 2.28. The van der Waals surface area contributed by atoms with Crippen LogP contribution in [0.2, 0.25) is 0 Å². The Morgan fingerprint density at radius 2 is 2.29 bits per heavy atom. The summed E-state index contributed by atoms with van der Waals surface area (Å²) >= 11 is 2.39. The van der Waals surface area contributed by atoms with Gasteiger partial charge in [0.2, 0.25) is 5.91 Å². The smallest absolute Gasteiger partial charge is 0.225 e. The fourth-order valence-corrected chi connectivity index (χ4v) is 3.42. The molecule has 2 fully saturated rings. The van der Waals surface area contributed by atoms with Crippen molar-refractivity contribution in [2.24, 2.45) is 5.92 Å². The van der Waals surface area contributed by atoms with Gasteiger partial charge in [-0.3, -0.25) is 10.1 Å². The Morgan fingerprint density at radius 3 is 3.00 bits per heavy atom. The molecule has 0 radical (unpaired) electrons. The van der Waals surface area contributed by atoms with Crippen LogP contribution < -0.4 is 10.6 Å². The number of nitrogens with one attached hydrogen (secondary N) is 2. The molecular formula is C9H15IN2O2. The van der Waals surface area contributed by atoms with E-state index in [9.17, 15) is 4.79 Å². The predicted molar refractivity (Wildman–Crippen MR) is 61.3 cm³/mol. The highest BCUT2D eigenvalue weighted by Crippen LogP contribution is 2.32. The van der Waals surface area contributed by atoms with Crippen LogP contribution in [0, 0.1) is 5.92 Å². The summed E-state index contributed by atoms with van der Waals surface area (Å²) in [5.41, 5.74) is 0. The van der Waals surface area contributed by atoms with Crippen LogP contribution >= 0.6 is 22.6 Å². The van der Waals surface area contributed by atoms with E-state index in [1.54, 1.807) is 7.11 Å². The molecule has 2 rings (SSSR count). The maximum atomic E-state index is 11.6. The Balaban J connectivity index is 2.06. The van der Waals surface area contributed by atoms with Gasteiger partial charge >= 0.3 is 0 Å². The zero-order valence-corrected chi connectivity index (χ0v) is 10.3. The van der Waals surface area contributed by atoms with Gasteiger partial charge in [-0.2, -0.15) is 0 Å². The highest BCUT2D eigenvalue weighted by Gasteiger charge is 2.41. The van der Waals surface area contributed by atoms with Gasteiger partial charge in [-0.1, -0.05) is 22.6 Å². The lowest BCUT2D eigenvalue weighted by Crippen LogP contribution is -2.59. The van der Waals surface area contributed by atoms with Crippen molar-refractivity contribution in [1.29, 1.82) is 0 Å². The summed E-state index contributed by atoms with van der Waals surface area (Å²) in [5.74, 6) is 0.335. The van der Waals surface area contributed by atoms with Gasteiger partial charge < -0.3 is 10.1 Å². The number of alkyl halides is 1. The van der Waals surface area contributed by atoms with Crippen molar-refractivity contribution >= 4 is 28.5 Å². The van der Waals surface area contributed by atoms with E-state index in [0.717, 1.165) is 12.8 Å². The van der Waals surface area contributed by atoms with Crippen molar-refractivity contribution in [3.63, 3.8) is 0 Å². The van der Waals surface area contributed by atoms with Crippen molar-refractivity contribution < 1.29 is 9.53 Å². The Kier molecular flexibility index (Phi) is 3.28. The highest BCUT2D eigenvalue weighted by atomic mass is 127. The van der Waals surface area contributed by atoms with Gasteiger partial charge in [-0.05, 0) is 12.8 Å². The summed E-state index contributed by atoms with van der Waals surface area (Å²) in [6, 6.07) is 0.305. The SMILES string of the molecule is COC1CC2NCNC(=O)C2CC1I. The molecule has 1 saturated heterocycles. The molecule has 1 aliphatic carbocycles. The molecule has 1 aliphatic heterocycles. The minimum atomic E-state index is 0.136. The second kappa shape index (κ2) is 4.32. The zero-order valence-electron chi connectivity index (χ0n) is 8.13. The molecule has 0 aromatic rings. The lowest BCUT2D eigenvalue weighted by Gasteiger charge is -2.41. The molecule has 0 bridgehead atoms. The number of hydrogen-bond acceptors (Lipinski definition) is 3. The molecule has 0 spiro atoms. The number of halogens is 1.